The van der Waals surface area contributed by atoms with E-state index in [-0.39, 0.29) is 5.41 Å². The van der Waals surface area contributed by atoms with E-state index in [1.165, 1.54) is 82.2 Å². The Bertz CT molecular complexity index is 2800. The zero-order valence-corrected chi connectivity index (χ0v) is 28.2. The molecule has 0 unspecified atom stereocenters. The van der Waals surface area contributed by atoms with Gasteiger partial charge in [0, 0.05) is 22.2 Å². The average molecular weight is 638 g/mol. The molecule has 0 fully saturated rings. The molecule has 0 bridgehead atoms. The summed E-state index contributed by atoms with van der Waals surface area (Å²) in [6.45, 7) is 4.70. The van der Waals surface area contributed by atoms with Gasteiger partial charge in [-0.2, -0.15) is 0 Å². The van der Waals surface area contributed by atoms with E-state index in [1.54, 1.807) is 0 Å². The summed E-state index contributed by atoms with van der Waals surface area (Å²) >= 11 is 0. The standard InChI is InChI=1S/C49H35N/c1-49(2)46-24-10-9-21-42(46)45-30-36(26-28-47(45)49)50(35-17-11-16-34(29-35)39-23-12-15-32-13-3-5-18-37(32)39)48-31-44-38-19-6-4-14-33(38)25-27-41(44)40-20-7-8-22-43(40)48/h3-31H,1-2H3. The zero-order valence-electron chi connectivity index (χ0n) is 28.2. The van der Waals surface area contributed by atoms with Crippen molar-refractivity contribution in [1.82, 2.24) is 0 Å². The number of hydrogen-bond donors (Lipinski definition) is 0. The zero-order chi connectivity index (χ0) is 33.4. The van der Waals surface area contributed by atoms with Gasteiger partial charge in [0.1, 0.15) is 0 Å². The maximum absolute atomic E-state index is 2.49. The van der Waals surface area contributed by atoms with Crippen molar-refractivity contribution in [2.75, 3.05) is 4.90 Å². The summed E-state index contributed by atoms with van der Waals surface area (Å²) < 4.78 is 0. The van der Waals surface area contributed by atoms with Crippen LogP contribution < -0.4 is 4.90 Å². The molecule has 0 amide bonds. The Balaban J connectivity index is 1.28. The summed E-state index contributed by atoms with van der Waals surface area (Å²) in [5, 5.41) is 10.1. The molecule has 9 aromatic rings. The molecule has 9 aromatic carbocycles. The Kier molecular flexibility index (Phi) is 6.29. The van der Waals surface area contributed by atoms with E-state index in [0.29, 0.717) is 0 Å². The van der Waals surface area contributed by atoms with Crippen molar-refractivity contribution in [3.05, 3.63) is 187 Å². The minimum absolute atomic E-state index is 0.0574. The van der Waals surface area contributed by atoms with E-state index in [2.05, 4.69) is 195 Å². The fourth-order valence-corrected chi connectivity index (χ4v) is 8.59. The van der Waals surface area contributed by atoms with Crippen molar-refractivity contribution in [3.8, 4) is 22.3 Å². The van der Waals surface area contributed by atoms with E-state index in [1.807, 2.05) is 0 Å². The largest absolute Gasteiger partial charge is 0.310 e. The maximum Gasteiger partial charge on any atom is 0.0546 e. The van der Waals surface area contributed by atoms with Crippen LogP contribution in [0.15, 0.2) is 176 Å². The highest BCUT2D eigenvalue weighted by Gasteiger charge is 2.35. The van der Waals surface area contributed by atoms with Crippen LogP contribution >= 0.6 is 0 Å². The second-order valence-corrected chi connectivity index (χ2v) is 14.1. The third-order valence-electron chi connectivity index (χ3n) is 11.0. The number of benzene rings is 9. The Hall–Kier alpha value is -6.18. The van der Waals surface area contributed by atoms with Gasteiger partial charge in [0.25, 0.3) is 0 Å². The van der Waals surface area contributed by atoms with Gasteiger partial charge in [0.2, 0.25) is 0 Å². The van der Waals surface area contributed by atoms with Crippen LogP contribution in [0.3, 0.4) is 0 Å². The lowest BCUT2D eigenvalue weighted by atomic mass is 9.82. The molecule has 0 heterocycles. The second-order valence-electron chi connectivity index (χ2n) is 14.1. The van der Waals surface area contributed by atoms with Gasteiger partial charge in [-0.15, -0.1) is 0 Å². The molecule has 0 aromatic heterocycles. The van der Waals surface area contributed by atoms with Crippen molar-refractivity contribution in [1.29, 1.82) is 0 Å². The summed E-state index contributed by atoms with van der Waals surface area (Å²) in [4.78, 5) is 2.49. The van der Waals surface area contributed by atoms with Crippen molar-refractivity contribution >= 4 is 60.2 Å². The minimum Gasteiger partial charge on any atom is -0.310 e. The monoisotopic (exact) mass is 637 g/mol. The highest BCUT2D eigenvalue weighted by atomic mass is 15.1. The molecule has 236 valence electrons. The van der Waals surface area contributed by atoms with E-state index in [4.69, 9.17) is 0 Å². The molecule has 1 aliphatic carbocycles. The van der Waals surface area contributed by atoms with Crippen LogP contribution in [0.4, 0.5) is 17.1 Å². The molecule has 0 N–H and O–H groups in total. The molecular weight excluding hydrogens is 603 g/mol. The smallest absolute Gasteiger partial charge is 0.0546 e. The maximum atomic E-state index is 2.49. The van der Waals surface area contributed by atoms with E-state index < -0.39 is 0 Å². The molecule has 1 heteroatoms. The molecule has 0 spiro atoms. The predicted octanol–water partition coefficient (Wildman–Crippen LogP) is 13.7. The average Bonchev–Trinajstić information content (AvgIpc) is 3.40. The number of fused-ring (bicyclic) bond motifs is 9. The Morgan fingerprint density at radius 3 is 1.82 bits per heavy atom. The first-order chi connectivity index (χ1) is 24.6. The van der Waals surface area contributed by atoms with Gasteiger partial charge in [-0.05, 0) is 101 Å². The van der Waals surface area contributed by atoms with Gasteiger partial charge in [-0.1, -0.05) is 159 Å². The normalized spacial score (nSPS) is 13.2. The van der Waals surface area contributed by atoms with Gasteiger partial charge < -0.3 is 4.90 Å². The molecule has 0 aliphatic heterocycles. The lowest BCUT2D eigenvalue weighted by molar-refractivity contribution is 0.660. The third kappa shape index (κ3) is 4.27. The topological polar surface area (TPSA) is 3.24 Å². The first kappa shape index (κ1) is 28.8. The molecule has 0 atom stereocenters. The van der Waals surface area contributed by atoms with Gasteiger partial charge in [0.15, 0.2) is 0 Å². The van der Waals surface area contributed by atoms with Crippen LogP contribution in [0.1, 0.15) is 25.0 Å². The summed E-state index contributed by atoms with van der Waals surface area (Å²) in [7, 11) is 0. The highest BCUT2D eigenvalue weighted by Crippen LogP contribution is 2.51. The number of rotatable bonds is 4. The SMILES string of the molecule is CC1(C)c2ccccc2-c2cc(N(c3cccc(-c4cccc5ccccc45)c3)c3cc4c5ccccc5ccc4c4ccccc34)ccc21. The van der Waals surface area contributed by atoms with Gasteiger partial charge in [-0.3, -0.25) is 0 Å². The summed E-state index contributed by atoms with van der Waals surface area (Å²) in [5.41, 5.74) is 11.2. The second kappa shape index (κ2) is 10.9. The summed E-state index contributed by atoms with van der Waals surface area (Å²) in [6.07, 6.45) is 0. The van der Waals surface area contributed by atoms with E-state index >= 15 is 0 Å². The van der Waals surface area contributed by atoms with Gasteiger partial charge in [-0.25, -0.2) is 0 Å². The van der Waals surface area contributed by atoms with Crippen LogP contribution in [0.5, 0.6) is 0 Å². The number of hydrogen-bond acceptors (Lipinski definition) is 1. The van der Waals surface area contributed by atoms with Crippen molar-refractivity contribution in [2.45, 2.75) is 19.3 Å². The van der Waals surface area contributed by atoms with Crippen LogP contribution in [0.25, 0.3) is 65.3 Å². The molecule has 1 aliphatic rings. The number of nitrogens with zero attached hydrogens (tertiary/aromatic N) is 1. The molecule has 0 saturated heterocycles. The van der Waals surface area contributed by atoms with Gasteiger partial charge in [0.05, 0.1) is 5.69 Å². The Morgan fingerprint density at radius 1 is 0.360 bits per heavy atom. The molecule has 50 heavy (non-hydrogen) atoms. The lowest BCUT2D eigenvalue weighted by Gasteiger charge is -2.29. The summed E-state index contributed by atoms with van der Waals surface area (Å²) in [5.74, 6) is 0. The van der Waals surface area contributed by atoms with Crippen LogP contribution in [0, 0.1) is 0 Å². The molecular formula is C49H35N. The fourth-order valence-electron chi connectivity index (χ4n) is 8.59. The summed E-state index contributed by atoms with van der Waals surface area (Å²) in [6, 6.07) is 65.1. The first-order valence-corrected chi connectivity index (χ1v) is 17.5. The molecule has 1 nitrogen and oxygen atoms in total. The van der Waals surface area contributed by atoms with Crippen LogP contribution in [-0.2, 0) is 5.41 Å². The molecule has 0 saturated carbocycles. The quantitative estimate of drug-likeness (QED) is 0.174. The Labute approximate surface area is 292 Å². The van der Waals surface area contributed by atoms with E-state index in [0.717, 1.165) is 11.4 Å². The van der Waals surface area contributed by atoms with Crippen molar-refractivity contribution in [3.63, 3.8) is 0 Å². The lowest BCUT2D eigenvalue weighted by Crippen LogP contribution is -2.15. The van der Waals surface area contributed by atoms with Crippen LogP contribution in [-0.4, -0.2) is 0 Å². The first-order valence-electron chi connectivity index (χ1n) is 17.5. The van der Waals surface area contributed by atoms with E-state index in [9.17, 15) is 0 Å². The van der Waals surface area contributed by atoms with Crippen molar-refractivity contribution in [2.24, 2.45) is 0 Å². The molecule has 0 radical (unpaired) electrons. The van der Waals surface area contributed by atoms with Crippen molar-refractivity contribution < 1.29 is 0 Å². The van der Waals surface area contributed by atoms with Gasteiger partial charge >= 0.3 is 0 Å². The highest BCUT2D eigenvalue weighted by molar-refractivity contribution is 6.21. The number of anilines is 3. The fraction of sp³-hybridized carbons (Fsp3) is 0.0612. The Morgan fingerprint density at radius 2 is 0.960 bits per heavy atom. The molecule has 10 rings (SSSR count). The third-order valence-corrected chi connectivity index (χ3v) is 11.0. The predicted molar refractivity (Wildman–Crippen MR) is 214 cm³/mol. The minimum atomic E-state index is -0.0574. The van der Waals surface area contributed by atoms with Crippen LogP contribution in [0.2, 0.25) is 0 Å².